The normalized spacial score (nSPS) is 11.1. The number of nitrogens with one attached hydrogen (secondary N) is 1. The molecule has 4 nitrogen and oxygen atoms in total. The van der Waals surface area contributed by atoms with Crippen molar-refractivity contribution in [2.24, 2.45) is 11.1 Å². The highest BCUT2D eigenvalue weighted by Gasteiger charge is 2.25. The average molecular weight is 208 g/mol. The number of nitrogens with two attached hydrogens (primary N) is 1. The van der Waals surface area contributed by atoms with Gasteiger partial charge in [0.25, 0.3) is 0 Å². The van der Waals surface area contributed by atoms with E-state index in [1.807, 2.05) is 0 Å². The Morgan fingerprint density at radius 1 is 1.53 bits per heavy atom. The van der Waals surface area contributed by atoms with Crippen LogP contribution in [0.4, 0.5) is 5.69 Å². The van der Waals surface area contributed by atoms with Crippen LogP contribution in [0.1, 0.15) is 13.8 Å². The Labute approximate surface area is 89.1 Å². The van der Waals surface area contributed by atoms with Gasteiger partial charge in [-0.25, -0.2) is 0 Å². The molecule has 1 amide bonds. The summed E-state index contributed by atoms with van der Waals surface area (Å²) < 4.78 is 0. The molecule has 1 aromatic rings. The Bertz CT molecular complexity index is 361. The molecule has 0 bridgehead atoms. The molecule has 0 aliphatic rings. The number of phenolic OH excluding ortho intramolecular Hbond substituents is 1. The second kappa shape index (κ2) is 4.31. The first-order valence-electron chi connectivity index (χ1n) is 4.76. The SMILES string of the molecule is CC(C)(CN)C(=O)Nc1cccc(O)c1. The second-order valence-electron chi connectivity index (χ2n) is 4.09. The molecule has 0 aromatic heterocycles. The fraction of sp³-hybridized carbons (Fsp3) is 0.364. The van der Waals surface area contributed by atoms with Crippen LogP contribution in [0.15, 0.2) is 24.3 Å². The average Bonchev–Trinajstić information content (AvgIpc) is 2.17. The topological polar surface area (TPSA) is 75.4 Å². The van der Waals surface area contributed by atoms with Crippen molar-refractivity contribution in [3.8, 4) is 5.75 Å². The quantitative estimate of drug-likeness (QED) is 0.701. The van der Waals surface area contributed by atoms with Gasteiger partial charge in [-0.3, -0.25) is 4.79 Å². The molecule has 0 heterocycles. The number of aromatic hydroxyl groups is 1. The lowest BCUT2D eigenvalue weighted by molar-refractivity contribution is -0.123. The molecule has 4 N–H and O–H groups in total. The maximum Gasteiger partial charge on any atom is 0.231 e. The van der Waals surface area contributed by atoms with Gasteiger partial charge in [-0.15, -0.1) is 0 Å². The maximum absolute atomic E-state index is 11.7. The van der Waals surface area contributed by atoms with Crippen molar-refractivity contribution in [1.82, 2.24) is 0 Å². The van der Waals surface area contributed by atoms with Gasteiger partial charge < -0.3 is 16.2 Å². The zero-order valence-electron chi connectivity index (χ0n) is 8.95. The predicted molar refractivity (Wildman–Crippen MR) is 59.6 cm³/mol. The number of rotatable bonds is 3. The van der Waals surface area contributed by atoms with Crippen molar-refractivity contribution >= 4 is 11.6 Å². The summed E-state index contributed by atoms with van der Waals surface area (Å²) in [7, 11) is 0. The summed E-state index contributed by atoms with van der Waals surface area (Å²) in [6, 6.07) is 6.42. The Morgan fingerprint density at radius 2 is 2.20 bits per heavy atom. The first-order chi connectivity index (χ1) is 6.95. The summed E-state index contributed by atoms with van der Waals surface area (Å²) in [6.45, 7) is 3.81. The minimum atomic E-state index is -0.606. The fourth-order valence-corrected chi connectivity index (χ4v) is 0.977. The standard InChI is InChI=1S/C11H16N2O2/c1-11(2,7-12)10(15)13-8-4-3-5-9(14)6-8/h3-6,14H,7,12H2,1-2H3,(H,13,15). The Balaban J connectivity index is 2.75. The van der Waals surface area contributed by atoms with E-state index in [1.54, 1.807) is 32.0 Å². The van der Waals surface area contributed by atoms with E-state index in [0.29, 0.717) is 5.69 Å². The molecule has 0 aliphatic carbocycles. The van der Waals surface area contributed by atoms with Crippen LogP contribution in [0.25, 0.3) is 0 Å². The Morgan fingerprint density at radius 3 is 2.73 bits per heavy atom. The number of carbonyl (C=O) groups is 1. The minimum Gasteiger partial charge on any atom is -0.508 e. The molecule has 0 aliphatic heterocycles. The molecule has 0 atom stereocenters. The van der Waals surface area contributed by atoms with Crippen molar-refractivity contribution in [3.63, 3.8) is 0 Å². The Hall–Kier alpha value is -1.55. The van der Waals surface area contributed by atoms with Gasteiger partial charge >= 0.3 is 0 Å². The lowest BCUT2D eigenvalue weighted by Crippen LogP contribution is -2.37. The molecular weight excluding hydrogens is 192 g/mol. The molecule has 82 valence electrons. The highest BCUT2D eigenvalue weighted by atomic mass is 16.3. The van der Waals surface area contributed by atoms with E-state index < -0.39 is 5.41 Å². The van der Waals surface area contributed by atoms with E-state index in [-0.39, 0.29) is 18.2 Å². The summed E-state index contributed by atoms with van der Waals surface area (Å²) in [6.07, 6.45) is 0. The second-order valence-corrected chi connectivity index (χ2v) is 4.09. The van der Waals surface area contributed by atoms with Crippen molar-refractivity contribution in [3.05, 3.63) is 24.3 Å². The van der Waals surface area contributed by atoms with E-state index in [1.165, 1.54) is 6.07 Å². The number of phenols is 1. The van der Waals surface area contributed by atoms with Crippen LogP contribution in [0, 0.1) is 5.41 Å². The van der Waals surface area contributed by atoms with Crippen LogP contribution < -0.4 is 11.1 Å². The van der Waals surface area contributed by atoms with Gasteiger partial charge in [0, 0.05) is 18.3 Å². The predicted octanol–water partition coefficient (Wildman–Crippen LogP) is 1.32. The number of anilines is 1. The molecule has 0 saturated carbocycles. The molecule has 0 spiro atoms. The first-order valence-corrected chi connectivity index (χ1v) is 4.76. The monoisotopic (exact) mass is 208 g/mol. The summed E-state index contributed by atoms with van der Waals surface area (Å²) in [5, 5.41) is 11.9. The van der Waals surface area contributed by atoms with E-state index in [0.717, 1.165) is 0 Å². The van der Waals surface area contributed by atoms with Crippen LogP contribution >= 0.6 is 0 Å². The van der Waals surface area contributed by atoms with Gasteiger partial charge in [0.1, 0.15) is 5.75 Å². The fourth-order valence-electron chi connectivity index (χ4n) is 0.977. The number of hydrogen-bond donors (Lipinski definition) is 3. The molecule has 0 saturated heterocycles. The number of benzene rings is 1. The van der Waals surface area contributed by atoms with E-state index >= 15 is 0 Å². The van der Waals surface area contributed by atoms with Gasteiger partial charge in [0.05, 0.1) is 5.41 Å². The summed E-state index contributed by atoms with van der Waals surface area (Å²) >= 11 is 0. The summed E-state index contributed by atoms with van der Waals surface area (Å²) in [5.74, 6) is -0.0334. The third-order valence-corrected chi connectivity index (χ3v) is 2.23. The first kappa shape index (κ1) is 11.5. The van der Waals surface area contributed by atoms with Gasteiger partial charge in [-0.2, -0.15) is 0 Å². The van der Waals surface area contributed by atoms with E-state index in [9.17, 15) is 9.90 Å². The van der Waals surface area contributed by atoms with Crippen molar-refractivity contribution < 1.29 is 9.90 Å². The lowest BCUT2D eigenvalue weighted by Gasteiger charge is -2.21. The molecule has 0 fully saturated rings. The highest BCUT2D eigenvalue weighted by Crippen LogP contribution is 2.19. The molecular formula is C11H16N2O2. The largest absolute Gasteiger partial charge is 0.508 e. The minimum absolute atomic E-state index is 0.123. The smallest absolute Gasteiger partial charge is 0.231 e. The number of carbonyl (C=O) groups excluding carboxylic acids is 1. The van der Waals surface area contributed by atoms with Crippen LogP contribution in [0.3, 0.4) is 0 Å². The van der Waals surface area contributed by atoms with Crippen LogP contribution in [0.5, 0.6) is 5.75 Å². The summed E-state index contributed by atoms with van der Waals surface area (Å²) in [4.78, 5) is 11.7. The van der Waals surface area contributed by atoms with Crippen molar-refractivity contribution in [2.75, 3.05) is 11.9 Å². The van der Waals surface area contributed by atoms with E-state index in [4.69, 9.17) is 5.73 Å². The van der Waals surface area contributed by atoms with Gasteiger partial charge in [0.15, 0.2) is 0 Å². The van der Waals surface area contributed by atoms with E-state index in [2.05, 4.69) is 5.32 Å². The van der Waals surface area contributed by atoms with Gasteiger partial charge in [-0.1, -0.05) is 6.07 Å². The zero-order chi connectivity index (χ0) is 11.5. The molecule has 1 rings (SSSR count). The molecule has 0 radical (unpaired) electrons. The van der Waals surface area contributed by atoms with Crippen molar-refractivity contribution in [2.45, 2.75) is 13.8 Å². The van der Waals surface area contributed by atoms with Crippen LogP contribution in [0.2, 0.25) is 0 Å². The molecule has 0 unspecified atom stereocenters. The zero-order valence-corrected chi connectivity index (χ0v) is 8.95. The number of hydrogen-bond acceptors (Lipinski definition) is 3. The highest BCUT2D eigenvalue weighted by molar-refractivity contribution is 5.95. The third kappa shape index (κ3) is 2.95. The summed E-state index contributed by atoms with van der Waals surface area (Å²) in [5.41, 5.74) is 5.45. The van der Waals surface area contributed by atoms with Gasteiger partial charge in [0.2, 0.25) is 5.91 Å². The van der Waals surface area contributed by atoms with Crippen molar-refractivity contribution in [1.29, 1.82) is 0 Å². The van der Waals surface area contributed by atoms with Gasteiger partial charge in [-0.05, 0) is 26.0 Å². The molecule has 4 heteroatoms. The number of amides is 1. The molecule has 1 aromatic carbocycles. The maximum atomic E-state index is 11.7. The molecule has 15 heavy (non-hydrogen) atoms. The van der Waals surface area contributed by atoms with Crippen LogP contribution in [-0.2, 0) is 4.79 Å². The van der Waals surface area contributed by atoms with Crippen LogP contribution in [-0.4, -0.2) is 17.6 Å². The third-order valence-electron chi connectivity index (χ3n) is 2.23. The Kier molecular flexibility index (Phi) is 3.31. The lowest BCUT2D eigenvalue weighted by atomic mass is 9.92.